The van der Waals surface area contributed by atoms with Crippen molar-refractivity contribution in [1.82, 2.24) is 5.32 Å². The maximum absolute atomic E-state index is 12.1. The van der Waals surface area contributed by atoms with Gasteiger partial charge < -0.3 is 10.1 Å². The lowest BCUT2D eigenvalue weighted by Gasteiger charge is -2.14. The Kier molecular flexibility index (Phi) is 5.37. The van der Waals surface area contributed by atoms with Gasteiger partial charge in [0.25, 0.3) is 5.91 Å². The topological polar surface area (TPSA) is 72.5 Å². The van der Waals surface area contributed by atoms with Crippen LogP contribution in [0.5, 0.6) is 5.75 Å². The normalized spacial score (nSPS) is 12.8. The maximum Gasteiger partial charge on any atom is 0.255 e. The Morgan fingerprint density at radius 1 is 1.47 bits per heavy atom. The number of hydrogen-bond acceptors (Lipinski definition) is 4. The van der Waals surface area contributed by atoms with Crippen LogP contribution in [0, 0.1) is 0 Å². The van der Waals surface area contributed by atoms with Crippen LogP contribution in [0.1, 0.15) is 17.3 Å². The molecule has 1 rings (SSSR count). The number of sulfone groups is 1. The molecular formula is C12H16BrNO4S. The minimum Gasteiger partial charge on any atom is -0.496 e. The number of halogens is 1. The zero-order chi connectivity index (χ0) is 14.6. The summed E-state index contributed by atoms with van der Waals surface area (Å²) in [5.41, 5.74) is 0.359. The van der Waals surface area contributed by atoms with Gasteiger partial charge in [-0.1, -0.05) is 15.9 Å². The molecule has 7 heteroatoms. The third-order valence-corrected chi connectivity index (χ3v) is 3.94. The first-order valence-corrected chi connectivity index (χ1v) is 8.40. The first-order chi connectivity index (χ1) is 8.73. The molecule has 19 heavy (non-hydrogen) atoms. The molecule has 1 N–H and O–H groups in total. The average molecular weight is 350 g/mol. The molecule has 1 amide bonds. The van der Waals surface area contributed by atoms with Gasteiger partial charge in [0.1, 0.15) is 15.6 Å². The minimum absolute atomic E-state index is 0.102. The van der Waals surface area contributed by atoms with E-state index in [2.05, 4.69) is 21.2 Å². The molecule has 1 aromatic carbocycles. The van der Waals surface area contributed by atoms with E-state index in [0.717, 1.165) is 10.7 Å². The van der Waals surface area contributed by atoms with E-state index in [1.54, 1.807) is 25.1 Å². The fourth-order valence-electron chi connectivity index (χ4n) is 1.65. The molecule has 1 unspecified atom stereocenters. The molecule has 0 aromatic heterocycles. The summed E-state index contributed by atoms with van der Waals surface area (Å²) in [7, 11) is -1.66. The number of nitrogens with one attached hydrogen (secondary N) is 1. The number of ether oxygens (including phenoxy) is 1. The van der Waals surface area contributed by atoms with Crippen molar-refractivity contribution in [2.45, 2.75) is 13.0 Å². The summed E-state index contributed by atoms with van der Waals surface area (Å²) in [5.74, 6) is -0.0312. The van der Waals surface area contributed by atoms with E-state index in [4.69, 9.17) is 4.74 Å². The van der Waals surface area contributed by atoms with Crippen molar-refractivity contribution < 1.29 is 17.9 Å². The monoisotopic (exact) mass is 349 g/mol. The Morgan fingerprint density at radius 3 is 2.63 bits per heavy atom. The Labute approximate surface area is 121 Å². The van der Waals surface area contributed by atoms with Crippen LogP contribution >= 0.6 is 15.9 Å². The Bertz CT molecular complexity index is 571. The second kappa shape index (κ2) is 6.38. The van der Waals surface area contributed by atoms with Crippen molar-refractivity contribution in [3.8, 4) is 5.75 Å². The second-order valence-corrected chi connectivity index (χ2v) is 7.41. The zero-order valence-corrected chi connectivity index (χ0v) is 13.3. The summed E-state index contributed by atoms with van der Waals surface area (Å²) < 4.78 is 28.2. The number of rotatable bonds is 5. The SMILES string of the molecule is COc1ccc(Br)cc1C(=O)NC(C)CS(C)(=O)=O. The molecule has 5 nitrogen and oxygen atoms in total. The van der Waals surface area contributed by atoms with Gasteiger partial charge in [0, 0.05) is 16.8 Å². The number of carbonyl (C=O) groups excluding carboxylic acids is 1. The number of amides is 1. The van der Waals surface area contributed by atoms with E-state index >= 15 is 0 Å². The lowest BCUT2D eigenvalue weighted by molar-refractivity contribution is 0.0940. The first-order valence-electron chi connectivity index (χ1n) is 5.55. The minimum atomic E-state index is -3.13. The van der Waals surface area contributed by atoms with Gasteiger partial charge >= 0.3 is 0 Å². The highest BCUT2D eigenvalue weighted by Gasteiger charge is 2.17. The van der Waals surface area contributed by atoms with Crippen molar-refractivity contribution in [3.63, 3.8) is 0 Å². The van der Waals surface area contributed by atoms with E-state index in [-0.39, 0.29) is 11.7 Å². The van der Waals surface area contributed by atoms with Crippen LogP contribution in [0.15, 0.2) is 22.7 Å². The van der Waals surface area contributed by atoms with Gasteiger partial charge in [0.2, 0.25) is 0 Å². The zero-order valence-electron chi connectivity index (χ0n) is 10.9. The third-order valence-electron chi connectivity index (χ3n) is 2.34. The summed E-state index contributed by atoms with van der Waals surface area (Å²) in [5, 5.41) is 2.64. The molecule has 0 radical (unpaired) electrons. The number of benzene rings is 1. The fourth-order valence-corrected chi connectivity index (χ4v) is 3.01. The molecule has 1 atom stereocenters. The number of methoxy groups -OCH3 is 1. The highest BCUT2D eigenvalue weighted by molar-refractivity contribution is 9.10. The van der Waals surface area contributed by atoms with Crippen LogP contribution in [0.25, 0.3) is 0 Å². The second-order valence-electron chi connectivity index (χ2n) is 4.31. The fraction of sp³-hybridized carbons (Fsp3) is 0.417. The Hall–Kier alpha value is -1.08. The quantitative estimate of drug-likeness (QED) is 0.876. The summed E-state index contributed by atoms with van der Waals surface area (Å²) in [6.45, 7) is 1.64. The molecule has 0 bridgehead atoms. The lowest BCUT2D eigenvalue weighted by atomic mass is 10.2. The van der Waals surface area contributed by atoms with Crippen molar-refractivity contribution in [2.75, 3.05) is 19.1 Å². The third kappa shape index (κ3) is 5.20. The molecule has 0 saturated carbocycles. The summed E-state index contributed by atoms with van der Waals surface area (Å²) >= 11 is 3.28. The van der Waals surface area contributed by atoms with E-state index < -0.39 is 15.9 Å². The van der Waals surface area contributed by atoms with E-state index in [0.29, 0.717) is 11.3 Å². The van der Waals surface area contributed by atoms with Crippen molar-refractivity contribution in [2.24, 2.45) is 0 Å². The van der Waals surface area contributed by atoms with Crippen molar-refractivity contribution >= 4 is 31.7 Å². The predicted molar refractivity (Wildman–Crippen MR) is 77.3 cm³/mol. The van der Waals surface area contributed by atoms with Gasteiger partial charge in [0.05, 0.1) is 18.4 Å². The summed E-state index contributed by atoms with van der Waals surface area (Å²) in [4.78, 5) is 12.1. The van der Waals surface area contributed by atoms with Gasteiger partial charge in [-0.05, 0) is 25.1 Å². The molecule has 0 aliphatic carbocycles. The molecule has 0 heterocycles. The summed E-state index contributed by atoms with van der Waals surface area (Å²) in [6.07, 6.45) is 1.13. The Morgan fingerprint density at radius 2 is 2.11 bits per heavy atom. The number of carbonyl (C=O) groups is 1. The number of hydrogen-bond donors (Lipinski definition) is 1. The maximum atomic E-state index is 12.1. The van der Waals surface area contributed by atoms with Crippen molar-refractivity contribution in [1.29, 1.82) is 0 Å². The van der Waals surface area contributed by atoms with E-state index in [9.17, 15) is 13.2 Å². The molecular weight excluding hydrogens is 334 g/mol. The van der Waals surface area contributed by atoms with Gasteiger partial charge in [-0.25, -0.2) is 8.42 Å². The molecule has 0 spiro atoms. The highest BCUT2D eigenvalue weighted by atomic mass is 79.9. The Balaban J connectivity index is 2.86. The molecule has 0 aliphatic rings. The van der Waals surface area contributed by atoms with Crippen LogP contribution in [0.4, 0.5) is 0 Å². The van der Waals surface area contributed by atoms with E-state index in [1.807, 2.05) is 0 Å². The largest absolute Gasteiger partial charge is 0.496 e. The molecule has 1 aromatic rings. The van der Waals surface area contributed by atoms with Crippen LogP contribution in [0.3, 0.4) is 0 Å². The molecule has 0 saturated heterocycles. The van der Waals surface area contributed by atoms with Crippen LogP contribution in [-0.4, -0.2) is 39.5 Å². The predicted octanol–water partition coefficient (Wildman–Crippen LogP) is 1.62. The highest BCUT2D eigenvalue weighted by Crippen LogP contribution is 2.22. The van der Waals surface area contributed by atoms with Gasteiger partial charge in [-0.2, -0.15) is 0 Å². The first kappa shape index (κ1) is 16.0. The average Bonchev–Trinajstić information content (AvgIpc) is 2.26. The van der Waals surface area contributed by atoms with E-state index in [1.165, 1.54) is 7.11 Å². The van der Waals surface area contributed by atoms with Crippen molar-refractivity contribution in [3.05, 3.63) is 28.2 Å². The molecule has 106 valence electrons. The molecule has 0 aliphatic heterocycles. The van der Waals surface area contributed by atoms with Gasteiger partial charge in [-0.3, -0.25) is 4.79 Å². The van der Waals surface area contributed by atoms with Gasteiger partial charge in [-0.15, -0.1) is 0 Å². The van der Waals surface area contributed by atoms with Gasteiger partial charge in [0.15, 0.2) is 0 Å². The van der Waals surface area contributed by atoms with Crippen LogP contribution < -0.4 is 10.1 Å². The standard InChI is InChI=1S/C12H16BrNO4S/c1-8(7-19(3,16)17)14-12(15)10-6-9(13)4-5-11(10)18-2/h4-6,8H,7H2,1-3H3,(H,14,15). The van der Waals surface area contributed by atoms with Crippen LogP contribution in [-0.2, 0) is 9.84 Å². The summed E-state index contributed by atoms with van der Waals surface area (Å²) in [6, 6.07) is 4.59. The smallest absolute Gasteiger partial charge is 0.255 e. The van der Waals surface area contributed by atoms with Crippen LogP contribution in [0.2, 0.25) is 0 Å². The lowest BCUT2D eigenvalue weighted by Crippen LogP contribution is -2.37. The molecule has 0 fully saturated rings.